The standard InChI is InChI=1S/C14H13ClN2O2S3/c1-8-6-10-11(7-9(8)2)20-14(17(10)3)16-22(18,19)13-5-4-12(15)21-13/h4-7H,1-3H3/b16-14-. The number of aromatic nitrogens is 1. The number of nitrogens with zero attached hydrogens (tertiary/aromatic N) is 2. The number of benzene rings is 1. The van der Waals surface area contributed by atoms with Crippen LogP contribution in [-0.2, 0) is 17.1 Å². The van der Waals surface area contributed by atoms with Gasteiger partial charge in [0.15, 0.2) is 0 Å². The zero-order valence-corrected chi connectivity index (χ0v) is 15.3. The first-order valence-corrected chi connectivity index (χ1v) is 9.86. The number of fused-ring (bicyclic) bond motifs is 1. The molecule has 116 valence electrons. The van der Waals surface area contributed by atoms with Crippen LogP contribution in [0.2, 0.25) is 4.34 Å². The molecule has 22 heavy (non-hydrogen) atoms. The fourth-order valence-electron chi connectivity index (χ4n) is 2.05. The van der Waals surface area contributed by atoms with E-state index in [-0.39, 0.29) is 4.21 Å². The maximum atomic E-state index is 12.4. The van der Waals surface area contributed by atoms with Crippen LogP contribution < -0.4 is 4.80 Å². The van der Waals surface area contributed by atoms with E-state index in [1.165, 1.54) is 28.5 Å². The molecule has 0 unspecified atom stereocenters. The first-order chi connectivity index (χ1) is 10.3. The van der Waals surface area contributed by atoms with Crippen LogP contribution in [0.1, 0.15) is 11.1 Å². The van der Waals surface area contributed by atoms with Crippen LogP contribution in [-0.4, -0.2) is 13.0 Å². The molecule has 0 bridgehead atoms. The fourth-order valence-corrected chi connectivity index (χ4v) is 5.84. The Morgan fingerprint density at radius 2 is 1.82 bits per heavy atom. The third-order valence-electron chi connectivity index (χ3n) is 3.43. The number of hydrogen-bond donors (Lipinski definition) is 0. The Bertz CT molecular complexity index is 1040. The second kappa shape index (κ2) is 5.49. The third-order valence-corrected chi connectivity index (χ3v) is 7.60. The molecule has 0 aliphatic rings. The van der Waals surface area contributed by atoms with Crippen molar-refractivity contribution in [2.24, 2.45) is 11.4 Å². The van der Waals surface area contributed by atoms with Gasteiger partial charge in [0, 0.05) is 7.05 Å². The molecule has 0 N–H and O–H groups in total. The molecule has 0 radical (unpaired) electrons. The van der Waals surface area contributed by atoms with Gasteiger partial charge in [0.25, 0.3) is 10.0 Å². The van der Waals surface area contributed by atoms with Crippen LogP contribution in [0.3, 0.4) is 0 Å². The minimum absolute atomic E-state index is 0.155. The lowest BCUT2D eigenvalue weighted by Gasteiger charge is -2.00. The van der Waals surface area contributed by atoms with Crippen LogP contribution >= 0.6 is 34.3 Å². The maximum Gasteiger partial charge on any atom is 0.294 e. The molecular weight excluding hydrogens is 360 g/mol. The van der Waals surface area contributed by atoms with Crippen molar-refractivity contribution in [1.29, 1.82) is 0 Å². The van der Waals surface area contributed by atoms with E-state index in [4.69, 9.17) is 11.6 Å². The van der Waals surface area contributed by atoms with Crippen molar-refractivity contribution in [3.63, 3.8) is 0 Å². The molecular formula is C14H13ClN2O2S3. The second-order valence-electron chi connectivity index (χ2n) is 4.97. The molecule has 0 saturated carbocycles. The zero-order chi connectivity index (χ0) is 16.1. The van der Waals surface area contributed by atoms with E-state index in [9.17, 15) is 8.42 Å². The number of sulfonamides is 1. The summed E-state index contributed by atoms with van der Waals surface area (Å²) in [6, 6.07) is 7.15. The summed E-state index contributed by atoms with van der Waals surface area (Å²) in [5.41, 5.74) is 3.32. The van der Waals surface area contributed by atoms with E-state index in [0.29, 0.717) is 9.14 Å². The van der Waals surface area contributed by atoms with Crippen molar-refractivity contribution in [2.45, 2.75) is 18.1 Å². The van der Waals surface area contributed by atoms with Gasteiger partial charge in [-0.15, -0.1) is 15.7 Å². The number of thiazole rings is 1. The summed E-state index contributed by atoms with van der Waals surface area (Å²) in [7, 11) is -1.91. The lowest BCUT2D eigenvalue weighted by molar-refractivity contribution is 0.598. The van der Waals surface area contributed by atoms with Crippen molar-refractivity contribution in [3.05, 3.63) is 44.5 Å². The van der Waals surface area contributed by atoms with E-state index in [1.54, 1.807) is 10.6 Å². The van der Waals surface area contributed by atoms with Crippen LogP contribution in [0.4, 0.5) is 0 Å². The summed E-state index contributed by atoms with van der Waals surface area (Å²) in [4.78, 5) is 0.449. The van der Waals surface area contributed by atoms with Gasteiger partial charge in [-0.2, -0.15) is 8.42 Å². The van der Waals surface area contributed by atoms with Crippen molar-refractivity contribution in [3.8, 4) is 0 Å². The van der Waals surface area contributed by atoms with Crippen molar-refractivity contribution in [2.75, 3.05) is 0 Å². The van der Waals surface area contributed by atoms with Gasteiger partial charge in [-0.3, -0.25) is 0 Å². The quantitative estimate of drug-likeness (QED) is 0.685. The van der Waals surface area contributed by atoms with Crippen LogP contribution in [0, 0.1) is 13.8 Å². The van der Waals surface area contributed by atoms with Crippen molar-refractivity contribution >= 4 is 54.5 Å². The second-order valence-corrected chi connectivity index (χ2v) is 9.53. The Labute approximate surface area is 141 Å². The average molecular weight is 373 g/mol. The molecule has 0 aliphatic heterocycles. The predicted octanol–water partition coefficient (Wildman–Crippen LogP) is 3.86. The minimum Gasteiger partial charge on any atom is -0.319 e. The Balaban J connectivity index is 2.24. The topological polar surface area (TPSA) is 51.4 Å². The number of halogens is 1. The van der Waals surface area contributed by atoms with Gasteiger partial charge < -0.3 is 4.57 Å². The van der Waals surface area contributed by atoms with Gasteiger partial charge in [-0.25, -0.2) is 0 Å². The van der Waals surface area contributed by atoms with Gasteiger partial charge in [0.2, 0.25) is 4.80 Å². The molecule has 0 saturated heterocycles. The summed E-state index contributed by atoms with van der Waals surface area (Å²) < 4.78 is 32.1. The SMILES string of the molecule is Cc1cc2s/c(=N\S(=O)(=O)c3ccc(Cl)s3)n(C)c2cc1C. The van der Waals surface area contributed by atoms with Crippen LogP contribution in [0.5, 0.6) is 0 Å². The fraction of sp³-hybridized carbons (Fsp3) is 0.214. The molecule has 0 atom stereocenters. The average Bonchev–Trinajstić information content (AvgIpc) is 2.98. The van der Waals surface area contributed by atoms with Crippen molar-refractivity contribution in [1.82, 2.24) is 4.57 Å². The zero-order valence-electron chi connectivity index (χ0n) is 12.1. The summed E-state index contributed by atoms with van der Waals surface area (Å²) in [5, 5.41) is 0. The van der Waals surface area contributed by atoms with Gasteiger partial charge in [-0.05, 0) is 49.2 Å². The molecule has 3 aromatic rings. The molecule has 1 aromatic carbocycles. The van der Waals surface area contributed by atoms with Crippen LogP contribution in [0.25, 0.3) is 10.2 Å². The highest BCUT2D eigenvalue weighted by atomic mass is 35.5. The lowest BCUT2D eigenvalue weighted by Crippen LogP contribution is -2.13. The molecule has 4 nitrogen and oxygen atoms in total. The largest absolute Gasteiger partial charge is 0.319 e. The predicted molar refractivity (Wildman–Crippen MR) is 92.3 cm³/mol. The monoisotopic (exact) mass is 372 g/mol. The molecule has 8 heteroatoms. The van der Waals surface area contributed by atoms with Crippen molar-refractivity contribution < 1.29 is 8.42 Å². The third kappa shape index (κ3) is 2.74. The Kier molecular flexibility index (Phi) is 3.92. The first-order valence-electron chi connectivity index (χ1n) is 6.41. The lowest BCUT2D eigenvalue weighted by atomic mass is 10.1. The highest BCUT2D eigenvalue weighted by Gasteiger charge is 2.16. The minimum atomic E-state index is -3.73. The molecule has 0 fully saturated rings. The van der Waals surface area contributed by atoms with E-state index < -0.39 is 10.0 Å². The van der Waals surface area contributed by atoms with E-state index in [0.717, 1.165) is 21.6 Å². The number of hydrogen-bond acceptors (Lipinski definition) is 4. The molecule has 0 aliphatic carbocycles. The molecule has 0 amide bonds. The van der Waals surface area contributed by atoms with Crippen LogP contribution in [0.15, 0.2) is 32.9 Å². The number of aryl methyl sites for hydroxylation is 3. The molecule has 2 aromatic heterocycles. The van der Waals surface area contributed by atoms with E-state index in [2.05, 4.69) is 16.5 Å². The first kappa shape index (κ1) is 15.7. The number of thiophene rings is 1. The highest BCUT2D eigenvalue weighted by Crippen LogP contribution is 2.27. The van der Waals surface area contributed by atoms with E-state index >= 15 is 0 Å². The Morgan fingerprint density at radius 3 is 2.45 bits per heavy atom. The summed E-state index contributed by atoms with van der Waals surface area (Å²) >= 11 is 8.18. The normalized spacial score (nSPS) is 13.2. The van der Waals surface area contributed by atoms with Gasteiger partial charge >= 0.3 is 0 Å². The Hall–Kier alpha value is -1.15. The number of rotatable bonds is 2. The van der Waals surface area contributed by atoms with Gasteiger partial charge in [0.1, 0.15) is 4.21 Å². The molecule has 3 rings (SSSR count). The van der Waals surface area contributed by atoms with E-state index in [1.807, 2.05) is 20.9 Å². The smallest absolute Gasteiger partial charge is 0.294 e. The maximum absolute atomic E-state index is 12.4. The summed E-state index contributed by atoms with van der Waals surface area (Å²) in [6.07, 6.45) is 0. The van der Waals surface area contributed by atoms with Gasteiger partial charge in [-0.1, -0.05) is 22.9 Å². The summed E-state index contributed by atoms with van der Waals surface area (Å²) in [5.74, 6) is 0. The molecule has 0 spiro atoms. The Morgan fingerprint density at radius 1 is 1.14 bits per heavy atom. The molecule has 2 heterocycles. The highest BCUT2D eigenvalue weighted by molar-refractivity contribution is 7.92. The van der Waals surface area contributed by atoms with Gasteiger partial charge in [0.05, 0.1) is 14.6 Å². The summed E-state index contributed by atoms with van der Waals surface area (Å²) in [6.45, 7) is 4.07.